The van der Waals surface area contributed by atoms with Crippen LogP contribution in [0.2, 0.25) is 0 Å². The number of unbranched alkanes of at least 4 members (excludes halogenated alkanes) is 1. The van der Waals surface area contributed by atoms with Crippen LogP contribution in [0.15, 0.2) is 24.4 Å². The summed E-state index contributed by atoms with van der Waals surface area (Å²) in [7, 11) is 0. The summed E-state index contributed by atoms with van der Waals surface area (Å²) in [6, 6.07) is 5.94. The highest BCUT2D eigenvalue weighted by molar-refractivity contribution is 5.86. The Hall–Kier alpha value is -1.95. The average Bonchev–Trinajstić information content (AvgIpc) is 3.13. The topological polar surface area (TPSA) is 74.3 Å². The zero-order valence-electron chi connectivity index (χ0n) is 14.3. The van der Waals surface area contributed by atoms with Crippen molar-refractivity contribution in [1.82, 2.24) is 20.5 Å². The molecule has 2 aliphatic heterocycles. The number of hydrogen-bond donors (Lipinski definition) is 2. The molecule has 0 aromatic carbocycles. The third kappa shape index (κ3) is 3.43. The monoisotopic (exact) mass is 330 g/mol. The van der Waals surface area contributed by atoms with Gasteiger partial charge in [0.05, 0.1) is 5.41 Å². The molecule has 6 nitrogen and oxygen atoms in total. The molecule has 3 rings (SSSR count). The van der Waals surface area contributed by atoms with Gasteiger partial charge in [0.15, 0.2) is 0 Å². The molecule has 24 heavy (non-hydrogen) atoms. The fourth-order valence-electron chi connectivity index (χ4n) is 3.84. The van der Waals surface area contributed by atoms with Crippen molar-refractivity contribution >= 4 is 11.8 Å². The molecule has 0 spiro atoms. The van der Waals surface area contributed by atoms with Crippen LogP contribution < -0.4 is 10.6 Å². The van der Waals surface area contributed by atoms with Gasteiger partial charge < -0.3 is 15.5 Å². The molecule has 0 radical (unpaired) electrons. The Kier molecular flexibility index (Phi) is 5.14. The van der Waals surface area contributed by atoms with Crippen molar-refractivity contribution in [2.75, 3.05) is 32.7 Å². The van der Waals surface area contributed by atoms with Crippen molar-refractivity contribution in [3.63, 3.8) is 0 Å². The highest BCUT2D eigenvalue weighted by Crippen LogP contribution is 2.39. The van der Waals surface area contributed by atoms with Gasteiger partial charge in [0, 0.05) is 57.5 Å². The molecule has 2 saturated heterocycles. The number of carbonyl (C=O) groups excluding carboxylic acids is 2. The van der Waals surface area contributed by atoms with Crippen molar-refractivity contribution in [3.8, 4) is 0 Å². The highest BCUT2D eigenvalue weighted by atomic mass is 16.2. The van der Waals surface area contributed by atoms with Crippen molar-refractivity contribution in [1.29, 1.82) is 0 Å². The van der Waals surface area contributed by atoms with E-state index in [4.69, 9.17) is 0 Å². The van der Waals surface area contributed by atoms with Crippen LogP contribution in [0.25, 0.3) is 0 Å². The van der Waals surface area contributed by atoms with Gasteiger partial charge in [-0.1, -0.05) is 6.07 Å². The lowest BCUT2D eigenvalue weighted by Gasteiger charge is -2.26. The van der Waals surface area contributed by atoms with Crippen LogP contribution in [0, 0.1) is 11.3 Å². The number of rotatable bonds is 6. The van der Waals surface area contributed by atoms with Crippen LogP contribution in [0.3, 0.4) is 0 Å². The number of nitrogens with zero attached hydrogens (tertiary/aromatic N) is 2. The van der Waals surface area contributed by atoms with E-state index in [-0.39, 0.29) is 17.7 Å². The first kappa shape index (κ1) is 16.9. The zero-order valence-corrected chi connectivity index (χ0v) is 14.3. The van der Waals surface area contributed by atoms with E-state index in [0.717, 1.165) is 31.5 Å². The molecule has 0 bridgehead atoms. The molecule has 2 fully saturated rings. The molecule has 0 saturated carbocycles. The molecule has 6 heteroatoms. The Bertz CT molecular complexity index is 592. The Labute approximate surface area is 143 Å². The molecule has 130 valence electrons. The average molecular weight is 330 g/mol. The summed E-state index contributed by atoms with van der Waals surface area (Å²) in [6.07, 6.45) is 4.69. The van der Waals surface area contributed by atoms with Gasteiger partial charge in [-0.25, -0.2) is 0 Å². The minimum absolute atomic E-state index is 0.0620. The van der Waals surface area contributed by atoms with Crippen molar-refractivity contribution in [2.45, 2.75) is 26.2 Å². The first-order valence-electron chi connectivity index (χ1n) is 8.76. The first-order chi connectivity index (χ1) is 11.6. The lowest BCUT2D eigenvalue weighted by molar-refractivity contribution is -0.132. The predicted molar refractivity (Wildman–Crippen MR) is 91.2 cm³/mol. The Morgan fingerprint density at radius 3 is 3.04 bits per heavy atom. The van der Waals surface area contributed by atoms with E-state index in [2.05, 4.69) is 15.6 Å². The van der Waals surface area contributed by atoms with Gasteiger partial charge >= 0.3 is 0 Å². The quantitative estimate of drug-likeness (QED) is 0.749. The summed E-state index contributed by atoms with van der Waals surface area (Å²) in [4.78, 5) is 30.5. The van der Waals surface area contributed by atoms with E-state index in [1.54, 1.807) is 6.92 Å². The second-order valence-electron chi connectivity index (χ2n) is 6.92. The van der Waals surface area contributed by atoms with Crippen molar-refractivity contribution in [3.05, 3.63) is 30.1 Å². The molecular formula is C18H26N4O2. The zero-order chi connectivity index (χ0) is 17.0. The summed E-state index contributed by atoms with van der Waals surface area (Å²) < 4.78 is 0. The number of aryl methyl sites for hydroxylation is 1. The standard InChI is InChI=1S/C18H26N4O2/c1-14(23)22-11-15-10-19-12-18(15,13-22)17(24)21-9-5-3-7-16-6-2-4-8-20-16/h2,4,6,8,15,19H,3,5,7,9-13H2,1H3,(H,21,24)/t15-,18-/m1/s1. The minimum atomic E-state index is -0.438. The van der Waals surface area contributed by atoms with Gasteiger partial charge in [0.25, 0.3) is 0 Å². The number of amides is 2. The number of pyridine rings is 1. The third-order valence-corrected chi connectivity index (χ3v) is 5.30. The number of hydrogen-bond acceptors (Lipinski definition) is 4. The number of carbonyl (C=O) groups is 2. The maximum atomic E-state index is 12.7. The number of fused-ring (bicyclic) bond motifs is 1. The van der Waals surface area contributed by atoms with E-state index in [1.807, 2.05) is 29.3 Å². The Morgan fingerprint density at radius 2 is 2.29 bits per heavy atom. The van der Waals surface area contributed by atoms with Gasteiger partial charge in [-0.05, 0) is 31.4 Å². The SMILES string of the molecule is CC(=O)N1C[C@H]2CNC[C@@]2(C(=O)NCCCCc2ccccn2)C1. The molecule has 2 aliphatic rings. The van der Waals surface area contributed by atoms with Gasteiger partial charge in [0.1, 0.15) is 0 Å². The lowest BCUT2D eigenvalue weighted by atomic mass is 9.80. The van der Waals surface area contributed by atoms with Crippen molar-refractivity contribution < 1.29 is 9.59 Å². The fourth-order valence-corrected chi connectivity index (χ4v) is 3.84. The molecule has 1 aromatic heterocycles. The number of nitrogens with one attached hydrogen (secondary N) is 2. The van der Waals surface area contributed by atoms with E-state index >= 15 is 0 Å². The molecule has 2 N–H and O–H groups in total. The summed E-state index contributed by atoms with van der Waals surface area (Å²) in [5.41, 5.74) is 0.655. The maximum Gasteiger partial charge on any atom is 0.229 e. The summed E-state index contributed by atoms with van der Waals surface area (Å²) in [5.74, 6) is 0.390. The van der Waals surface area contributed by atoms with Gasteiger partial charge in [-0.3, -0.25) is 14.6 Å². The largest absolute Gasteiger partial charge is 0.356 e. The number of aromatic nitrogens is 1. The summed E-state index contributed by atoms with van der Waals surface area (Å²) >= 11 is 0. The van der Waals surface area contributed by atoms with Crippen LogP contribution in [0.4, 0.5) is 0 Å². The van der Waals surface area contributed by atoms with E-state index in [9.17, 15) is 9.59 Å². The maximum absolute atomic E-state index is 12.7. The second kappa shape index (κ2) is 7.30. The van der Waals surface area contributed by atoms with Crippen LogP contribution >= 0.6 is 0 Å². The van der Waals surface area contributed by atoms with E-state index < -0.39 is 5.41 Å². The molecule has 2 amide bonds. The van der Waals surface area contributed by atoms with Gasteiger partial charge in [-0.2, -0.15) is 0 Å². The molecule has 0 unspecified atom stereocenters. The van der Waals surface area contributed by atoms with Crippen LogP contribution in [0.1, 0.15) is 25.5 Å². The Morgan fingerprint density at radius 1 is 1.42 bits per heavy atom. The highest BCUT2D eigenvalue weighted by Gasteiger charge is 2.55. The van der Waals surface area contributed by atoms with Crippen LogP contribution in [-0.2, 0) is 16.0 Å². The van der Waals surface area contributed by atoms with Gasteiger partial charge in [-0.15, -0.1) is 0 Å². The second-order valence-corrected chi connectivity index (χ2v) is 6.92. The third-order valence-electron chi connectivity index (χ3n) is 5.30. The van der Waals surface area contributed by atoms with Crippen molar-refractivity contribution in [2.24, 2.45) is 11.3 Å². The predicted octanol–water partition coefficient (Wildman–Crippen LogP) is 0.588. The van der Waals surface area contributed by atoms with E-state index in [0.29, 0.717) is 26.2 Å². The summed E-state index contributed by atoms with van der Waals surface area (Å²) in [6.45, 7) is 4.98. The van der Waals surface area contributed by atoms with Crippen LogP contribution in [0.5, 0.6) is 0 Å². The first-order valence-corrected chi connectivity index (χ1v) is 8.76. The number of likely N-dealkylation sites (tertiary alicyclic amines) is 1. The summed E-state index contributed by atoms with van der Waals surface area (Å²) in [5, 5.41) is 6.42. The van der Waals surface area contributed by atoms with Crippen LogP contribution in [-0.4, -0.2) is 54.4 Å². The Balaban J connectivity index is 1.45. The molecule has 3 heterocycles. The molecule has 0 aliphatic carbocycles. The molecule has 1 aromatic rings. The minimum Gasteiger partial charge on any atom is -0.356 e. The van der Waals surface area contributed by atoms with Gasteiger partial charge in [0.2, 0.25) is 11.8 Å². The molecule has 2 atom stereocenters. The normalized spacial score (nSPS) is 25.5. The molecular weight excluding hydrogens is 304 g/mol. The van der Waals surface area contributed by atoms with E-state index in [1.165, 1.54) is 0 Å². The smallest absolute Gasteiger partial charge is 0.229 e. The fraction of sp³-hybridized carbons (Fsp3) is 0.611. The lowest BCUT2D eigenvalue weighted by Crippen LogP contribution is -2.47.